The molecule has 0 atom stereocenters. The Bertz CT molecular complexity index is 1020. The van der Waals surface area contributed by atoms with E-state index in [4.69, 9.17) is 0 Å². The first-order valence-corrected chi connectivity index (χ1v) is 10.3. The van der Waals surface area contributed by atoms with Crippen LogP contribution in [0.25, 0.3) is 10.2 Å². The molecule has 140 valence electrons. The molecule has 1 saturated heterocycles. The van der Waals surface area contributed by atoms with Crippen LogP contribution in [0.5, 0.6) is 0 Å². The molecule has 0 bridgehead atoms. The second-order valence-electron chi connectivity index (χ2n) is 7.11. The van der Waals surface area contributed by atoms with Crippen molar-refractivity contribution in [3.8, 4) is 0 Å². The summed E-state index contributed by atoms with van der Waals surface area (Å²) in [5.74, 6) is 0.0476. The molecular formula is C21H23N3O2S. The fourth-order valence-corrected chi connectivity index (χ4v) is 4.78. The van der Waals surface area contributed by atoms with Crippen molar-refractivity contribution in [1.82, 2.24) is 14.5 Å². The maximum absolute atomic E-state index is 13.0. The second-order valence-corrected chi connectivity index (χ2v) is 8.11. The Morgan fingerprint density at radius 2 is 1.81 bits per heavy atom. The normalized spacial score (nSPS) is 15.1. The summed E-state index contributed by atoms with van der Waals surface area (Å²) >= 11 is 1.35. The minimum atomic E-state index is -0.0764. The van der Waals surface area contributed by atoms with Gasteiger partial charge >= 0.3 is 0 Å². The third-order valence-corrected chi connectivity index (χ3v) is 6.39. The highest BCUT2D eigenvalue weighted by atomic mass is 32.1. The van der Waals surface area contributed by atoms with Crippen LogP contribution in [0.3, 0.4) is 0 Å². The molecule has 1 aliphatic heterocycles. The number of likely N-dealkylation sites (tertiary alicyclic amines) is 1. The van der Waals surface area contributed by atoms with Gasteiger partial charge in [-0.15, -0.1) is 11.3 Å². The van der Waals surface area contributed by atoms with Gasteiger partial charge in [0.2, 0.25) is 0 Å². The van der Waals surface area contributed by atoms with Gasteiger partial charge in [0.1, 0.15) is 4.83 Å². The van der Waals surface area contributed by atoms with E-state index in [0.717, 1.165) is 37.1 Å². The first kappa shape index (κ1) is 17.9. The van der Waals surface area contributed by atoms with Crippen LogP contribution < -0.4 is 5.56 Å². The Labute approximate surface area is 162 Å². The summed E-state index contributed by atoms with van der Waals surface area (Å²) < 4.78 is 1.62. The minimum absolute atomic E-state index is 0.0476. The monoisotopic (exact) mass is 381 g/mol. The van der Waals surface area contributed by atoms with Gasteiger partial charge in [0.25, 0.3) is 11.5 Å². The van der Waals surface area contributed by atoms with Gasteiger partial charge in [0.05, 0.1) is 23.1 Å². The molecular weight excluding hydrogens is 358 g/mol. The Balaban J connectivity index is 1.70. The number of thiophene rings is 1. The zero-order valence-corrected chi connectivity index (χ0v) is 16.3. The van der Waals surface area contributed by atoms with Crippen LogP contribution in [0.1, 0.15) is 46.5 Å². The highest BCUT2D eigenvalue weighted by Gasteiger charge is 2.24. The molecule has 0 aliphatic carbocycles. The molecule has 0 spiro atoms. The number of carbonyl (C=O) groups excluding carboxylic acids is 1. The quantitative estimate of drug-likeness (QED) is 0.693. The lowest BCUT2D eigenvalue weighted by atomic mass is 10.2. The SMILES string of the molecule is Cc1c(C(=O)N2CCCCCC2)sc2ncn(Cc3ccccc3)c(=O)c12. The molecule has 0 unspecified atom stereocenters. The molecule has 1 amide bonds. The summed E-state index contributed by atoms with van der Waals surface area (Å²) in [5.41, 5.74) is 1.74. The number of nitrogens with zero attached hydrogens (tertiary/aromatic N) is 3. The van der Waals surface area contributed by atoms with E-state index in [0.29, 0.717) is 21.6 Å². The number of rotatable bonds is 3. The Morgan fingerprint density at radius 1 is 1.11 bits per heavy atom. The largest absolute Gasteiger partial charge is 0.338 e. The molecule has 3 aromatic rings. The maximum atomic E-state index is 13.0. The first-order valence-electron chi connectivity index (χ1n) is 9.47. The van der Waals surface area contributed by atoms with Gasteiger partial charge in [0.15, 0.2) is 0 Å². The van der Waals surface area contributed by atoms with E-state index < -0.39 is 0 Å². The van der Waals surface area contributed by atoms with Crippen molar-refractivity contribution < 1.29 is 4.79 Å². The third-order valence-electron chi connectivity index (χ3n) is 5.20. The molecule has 27 heavy (non-hydrogen) atoms. The average molecular weight is 382 g/mol. The molecule has 5 nitrogen and oxygen atoms in total. The van der Waals surface area contributed by atoms with Gasteiger partial charge in [-0.1, -0.05) is 43.2 Å². The number of fused-ring (bicyclic) bond motifs is 1. The van der Waals surface area contributed by atoms with Crippen molar-refractivity contribution in [3.63, 3.8) is 0 Å². The van der Waals surface area contributed by atoms with E-state index in [1.165, 1.54) is 24.2 Å². The molecule has 3 heterocycles. The predicted molar refractivity (Wildman–Crippen MR) is 109 cm³/mol. The zero-order valence-electron chi connectivity index (χ0n) is 15.5. The van der Waals surface area contributed by atoms with Crippen molar-refractivity contribution in [2.75, 3.05) is 13.1 Å². The van der Waals surface area contributed by atoms with Crippen LogP contribution >= 0.6 is 11.3 Å². The number of benzene rings is 1. The standard InChI is InChI=1S/C21H23N3O2S/c1-15-17-19(27-18(15)21(26)23-11-7-2-3-8-12-23)22-14-24(20(17)25)13-16-9-5-4-6-10-16/h4-6,9-10,14H,2-3,7-8,11-13H2,1H3. The topological polar surface area (TPSA) is 55.2 Å². The van der Waals surface area contributed by atoms with Crippen LogP contribution in [-0.2, 0) is 6.54 Å². The van der Waals surface area contributed by atoms with E-state index in [2.05, 4.69) is 4.98 Å². The fourth-order valence-electron chi connectivity index (χ4n) is 3.67. The molecule has 1 fully saturated rings. The molecule has 4 rings (SSSR count). The molecule has 1 aliphatic rings. The second kappa shape index (κ2) is 7.64. The smallest absolute Gasteiger partial charge is 0.264 e. The Hall–Kier alpha value is -2.47. The van der Waals surface area contributed by atoms with E-state index >= 15 is 0 Å². The molecule has 2 aromatic heterocycles. The number of aryl methyl sites for hydroxylation is 1. The maximum Gasteiger partial charge on any atom is 0.264 e. The fraction of sp³-hybridized carbons (Fsp3) is 0.381. The van der Waals surface area contributed by atoms with Crippen molar-refractivity contribution in [1.29, 1.82) is 0 Å². The summed E-state index contributed by atoms with van der Waals surface area (Å²) in [5, 5.41) is 0.580. The number of hydrogen-bond donors (Lipinski definition) is 0. The van der Waals surface area contributed by atoms with E-state index in [1.807, 2.05) is 42.2 Å². The van der Waals surface area contributed by atoms with E-state index in [1.54, 1.807) is 10.9 Å². The van der Waals surface area contributed by atoms with Gasteiger partial charge in [-0.25, -0.2) is 4.98 Å². The Kier molecular flexibility index (Phi) is 5.07. The van der Waals surface area contributed by atoms with Crippen LogP contribution in [-0.4, -0.2) is 33.4 Å². The molecule has 0 N–H and O–H groups in total. The number of carbonyl (C=O) groups is 1. The first-order chi connectivity index (χ1) is 13.1. The van der Waals surface area contributed by atoms with Crippen LogP contribution in [0.15, 0.2) is 41.5 Å². The van der Waals surface area contributed by atoms with Crippen LogP contribution in [0, 0.1) is 6.92 Å². The van der Waals surface area contributed by atoms with Gasteiger partial charge < -0.3 is 4.90 Å². The van der Waals surface area contributed by atoms with Crippen LogP contribution in [0.4, 0.5) is 0 Å². The van der Waals surface area contributed by atoms with Gasteiger partial charge in [-0.05, 0) is 30.9 Å². The van der Waals surface area contributed by atoms with E-state index in [9.17, 15) is 9.59 Å². The Morgan fingerprint density at radius 3 is 2.52 bits per heavy atom. The predicted octanol–water partition coefficient (Wildman–Crippen LogP) is 3.83. The van der Waals surface area contributed by atoms with Crippen LogP contribution in [0.2, 0.25) is 0 Å². The summed E-state index contributed by atoms with van der Waals surface area (Å²) in [7, 11) is 0. The molecule has 0 radical (unpaired) electrons. The third kappa shape index (κ3) is 3.54. The van der Waals surface area contributed by atoms with Crippen molar-refractivity contribution >= 4 is 27.5 Å². The lowest BCUT2D eigenvalue weighted by Gasteiger charge is -2.19. The minimum Gasteiger partial charge on any atom is -0.338 e. The molecule has 6 heteroatoms. The lowest BCUT2D eigenvalue weighted by molar-refractivity contribution is 0.0766. The van der Waals surface area contributed by atoms with Crippen molar-refractivity contribution in [2.24, 2.45) is 0 Å². The van der Waals surface area contributed by atoms with Gasteiger partial charge in [-0.2, -0.15) is 0 Å². The highest BCUT2D eigenvalue weighted by molar-refractivity contribution is 7.20. The lowest BCUT2D eigenvalue weighted by Crippen LogP contribution is -2.31. The van der Waals surface area contributed by atoms with Crippen molar-refractivity contribution in [3.05, 3.63) is 63.0 Å². The number of aromatic nitrogens is 2. The molecule has 1 aromatic carbocycles. The summed E-state index contributed by atoms with van der Waals surface area (Å²) in [4.78, 5) is 33.8. The summed E-state index contributed by atoms with van der Waals surface area (Å²) in [6.07, 6.45) is 6.06. The zero-order chi connectivity index (χ0) is 18.8. The summed E-state index contributed by atoms with van der Waals surface area (Å²) in [6, 6.07) is 9.86. The number of amides is 1. The number of hydrogen-bond acceptors (Lipinski definition) is 4. The average Bonchev–Trinajstić information content (AvgIpc) is 2.86. The highest BCUT2D eigenvalue weighted by Crippen LogP contribution is 2.28. The molecule has 0 saturated carbocycles. The van der Waals surface area contributed by atoms with E-state index in [-0.39, 0.29) is 11.5 Å². The van der Waals surface area contributed by atoms with Crippen molar-refractivity contribution in [2.45, 2.75) is 39.2 Å². The van der Waals surface area contributed by atoms with Gasteiger partial charge in [0, 0.05) is 13.1 Å². The summed E-state index contributed by atoms with van der Waals surface area (Å²) in [6.45, 7) is 3.96. The van der Waals surface area contributed by atoms with Gasteiger partial charge in [-0.3, -0.25) is 14.2 Å².